The molecule has 0 bridgehead atoms. The van der Waals surface area contributed by atoms with Gasteiger partial charge >= 0.3 is 5.76 Å². The van der Waals surface area contributed by atoms with E-state index in [0.717, 1.165) is 0 Å². The van der Waals surface area contributed by atoms with Crippen LogP contribution in [0.5, 0.6) is 0 Å². The molecule has 0 saturated heterocycles. The number of furan rings is 1. The number of thiophene rings is 1. The SMILES string of the molecule is O=C(Cn1c(=O)oc2ccccc21)NCC(O)(c1ccco1)c1cccs1. The van der Waals surface area contributed by atoms with Gasteiger partial charge in [-0.1, -0.05) is 18.2 Å². The third-order valence-electron chi connectivity index (χ3n) is 4.27. The summed E-state index contributed by atoms with van der Waals surface area (Å²) in [6.07, 6.45) is 1.47. The highest BCUT2D eigenvalue weighted by molar-refractivity contribution is 7.10. The lowest BCUT2D eigenvalue weighted by Crippen LogP contribution is -2.42. The molecular formula is C19H16N2O5S. The summed E-state index contributed by atoms with van der Waals surface area (Å²) in [7, 11) is 0. The van der Waals surface area contributed by atoms with Crippen LogP contribution in [0.15, 0.2) is 73.8 Å². The van der Waals surface area contributed by atoms with Gasteiger partial charge in [0.15, 0.2) is 11.2 Å². The average Bonchev–Trinajstić information content (AvgIpc) is 3.42. The fourth-order valence-corrected chi connectivity index (χ4v) is 3.74. The molecule has 7 nitrogen and oxygen atoms in total. The third kappa shape index (κ3) is 3.20. The van der Waals surface area contributed by atoms with Crippen molar-refractivity contribution in [1.29, 1.82) is 0 Å². The first kappa shape index (κ1) is 17.3. The molecule has 4 aromatic rings. The molecule has 1 atom stereocenters. The molecule has 4 rings (SSSR count). The van der Waals surface area contributed by atoms with Gasteiger partial charge < -0.3 is 19.3 Å². The molecule has 0 aliphatic carbocycles. The second-order valence-corrected chi connectivity index (χ2v) is 6.96. The number of rotatable bonds is 6. The molecular weight excluding hydrogens is 368 g/mol. The van der Waals surface area contributed by atoms with Gasteiger partial charge in [0.1, 0.15) is 12.3 Å². The first-order valence-electron chi connectivity index (χ1n) is 8.23. The van der Waals surface area contributed by atoms with Gasteiger partial charge in [-0.2, -0.15) is 0 Å². The van der Waals surface area contributed by atoms with Gasteiger partial charge in [0.2, 0.25) is 5.91 Å². The predicted octanol–water partition coefficient (Wildman–Crippen LogP) is 2.30. The number of aliphatic hydroxyl groups is 1. The summed E-state index contributed by atoms with van der Waals surface area (Å²) < 4.78 is 11.8. The molecule has 0 spiro atoms. The number of benzene rings is 1. The number of oxazole rings is 1. The van der Waals surface area contributed by atoms with Crippen LogP contribution >= 0.6 is 11.3 Å². The highest BCUT2D eigenvalue weighted by Crippen LogP contribution is 2.32. The number of hydrogen-bond donors (Lipinski definition) is 2. The molecule has 3 heterocycles. The minimum atomic E-state index is -1.49. The number of nitrogens with one attached hydrogen (secondary N) is 1. The number of aromatic nitrogens is 1. The van der Waals surface area contributed by atoms with E-state index in [0.29, 0.717) is 21.7 Å². The summed E-state index contributed by atoms with van der Waals surface area (Å²) in [5.41, 5.74) is -0.533. The Balaban J connectivity index is 1.54. The van der Waals surface area contributed by atoms with Gasteiger partial charge in [-0.05, 0) is 35.7 Å². The molecule has 0 saturated carbocycles. The monoisotopic (exact) mass is 384 g/mol. The first-order chi connectivity index (χ1) is 13.1. The number of para-hydroxylation sites is 2. The smallest absolute Gasteiger partial charge is 0.420 e. The van der Waals surface area contributed by atoms with Gasteiger partial charge in [-0.15, -0.1) is 11.3 Å². The Hall–Kier alpha value is -3.10. The molecule has 27 heavy (non-hydrogen) atoms. The molecule has 0 aliphatic rings. The maximum atomic E-state index is 12.4. The molecule has 1 amide bonds. The van der Waals surface area contributed by atoms with E-state index in [1.807, 2.05) is 11.4 Å². The van der Waals surface area contributed by atoms with Crippen LogP contribution in [0.3, 0.4) is 0 Å². The lowest BCUT2D eigenvalue weighted by atomic mass is 9.98. The quantitative estimate of drug-likeness (QED) is 0.532. The molecule has 0 fully saturated rings. The average molecular weight is 384 g/mol. The lowest BCUT2D eigenvalue weighted by molar-refractivity contribution is -0.122. The van der Waals surface area contributed by atoms with Gasteiger partial charge in [-0.3, -0.25) is 9.36 Å². The van der Waals surface area contributed by atoms with Crippen LogP contribution in [-0.2, 0) is 16.9 Å². The van der Waals surface area contributed by atoms with E-state index in [1.165, 1.54) is 22.2 Å². The topological polar surface area (TPSA) is 97.6 Å². The number of nitrogens with zero attached hydrogens (tertiary/aromatic N) is 1. The van der Waals surface area contributed by atoms with Gasteiger partial charge in [-0.25, -0.2) is 4.79 Å². The van der Waals surface area contributed by atoms with Crippen LogP contribution < -0.4 is 11.1 Å². The fourth-order valence-electron chi connectivity index (χ4n) is 2.91. The molecule has 2 N–H and O–H groups in total. The number of amides is 1. The van der Waals surface area contributed by atoms with Crippen molar-refractivity contribution in [3.63, 3.8) is 0 Å². The zero-order chi connectivity index (χ0) is 18.9. The fraction of sp³-hybridized carbons (Fsp3) is 0.158. The Bertz CT molecular complexity index is 1070. The Morgan fingerprint density at radius 2 is 2.04 bits per heavy atom. The molecule has 3 aromatic heterocycles. The maximum Gasteiger partial charge on any atom is 0.420 e. The highest BCUT2D eigenvalue weighted by Gasteiger charge is 2.36. The summed E-state index contributed by atoms with van der Waals surface area (Å²) in [6.45, 7) is -0.307. The highest BCUT2D eigenvalue weighted by atomic mass is 32.1. The summed E-state index contributed by atoms with van der Waals surface area (Å²) in [5.74, 6) is -0.702. The third-order valence-corrected chi connectivity index (χ3v) is 5.30. The minimum absolute atomic E-state index is 0.0929. The standard InChI is InChI=1S/C19H16N2O5S/c22-17(11-21-13-5-1-2-6-14(13)26-18(21)23)20-12-19(24,15-7-3-9-25-15)16-8-4-10-27-16/h1-10,24H,11-12H2,(H,20,22). The molecule has 1 unspecified atom stereocenters. The molecule has 8 heteroatoms. The largest absolute Gasteiger partial charge is 0.466 e. The molecule has 1 aromatic carbocycles. The van der Waals surface area contributed by atoms with Gasteiger partial charge in [0, 0.05) is 4.88 Å². The normalized spacial score (nSPS) is 13.5. The van der Waals surface area contributed by atoms with E-state index in [1.54, 1.807) is 42.5 Å². The minimum Gasteiger partial charge on any atom is -0.466 e. The zero-order valence-corrected chi connectivity index (χ0v) is 14.9. The maximum absolute atomic E-state index is 12.4. The Morgan fingerprint density at radius 3 is 2.78 bits per heavy atom. The van der Waals surface area contributed by atoms with E-state index in [2.05, 4.69) is 5.32 Å². The van der Waals surface area contributed by atoms with Crippen LogP contribution in [-0.4, -0.2) is 22.1 Å². The van der Waals surface area contributed by atoms with Crippen molar-refractivity contribution in [3.05, 3.63) is 81.4 Å². The van der Waals surface area contributed by atoms with Crippen molar-refractivity contribution in [2.24, 2.45) is 0 Å². The second kappa shape index (κ2) is 6.90. The van der Waals surface area contributed by atoms with Crippen molar-refractivity contribution in [1.82, 2.24) is 9.88 Å². The van der Waals surface area contributed by atoms with Crippen molar-refractivity contribution in [2.45, 2.75) is 12.1 Å². The van der Waals surface area contributed by atoms with Crippen LogP contribution in [0.25, 0.3) is 11.1 Å². The number of carbonyl (C=O) groups excluding carboxylic acids is 1. The van der Waals surface area contributed by atoms with E-state index < -0.39 is 17.3 Å². The van der Waals surface area contributed by atoms with Crippen molar-refractivity contribution >= 4 is 28.3 Å². The number of hydrogen-bond acceptors (Lipinski definition) is 6. The Kier molecular flexibility index (Phi) is 4.43. The summed E-state index contributed by atoms with van der Waals surface area (Å²) in [4.78, 5) is 25.1. The predicted molar refractivity (Wildman–Crippen MR) is 99.5 cm³/mol. The second-order valence-electron chi connectivity index (χ2n) is 6.01. The summed E-state index contributed by atoms with van der Waals surface area (Å²) >= 11 is 1.36. The van der Waals surface area contributed by atoms with E-state index in [4.69, 9.17) is 8.83 Å². The van der Waals surface area contributed by atoms with Gasteiger partial charge in [0.05, 0.1) is 18.3 Å². The van der Waals surface area contributed by atoms with E-state index in [-0.39, 0.29) is 13.1 Å². The molecule has 138 valence electrons. The van der Waals surface area contributed by atoms with Crippen molar-refractivity contribution < 1.29 is 18.7 Å². The van der Waals surface area contributed by atoms with Crippen LogP contribution in [0.1, 0.15) is 10.6 Å². The van der Waals surface area contributed by atoms with Gasteiger partial charge in [0.25, 0.3) is 0 Å². The van der Waals surface area contributed by atoms with Crippen LogP contribution in [0.2, 0.25) is 0 Å². The van der Waals surface area contributed by atoms with Crippen molar-refractivity contribution in [2.75, 3.05) is 6.54 Å². The zero-order valence-electron chi connectivity index (χ0n) is 14.1. The number of carbonyl (C=O) groups is 1. The van der Waals surface area contributed by atoms with E-state index in [9.17, 15) is 14.7 Å². The van der Waals surface area contributed by atoms with Crippen LogP contribution in [0.4, 0.5) is 0 Å². The van der Waals surface area contributed by atoms with E-state index >= 15 is 0 Å². The molecule has 0 radical (unpaired) electrons. The summed E-state index contributed by atoms with van der Waals surface area (Å²) in [6, 6.07) is 13.8. The summed E-state index contributed by atoms with van der Waals surface area (Å²) in [5, 5.41) is 15.7. The Labute approximate surface area is 157 Å². The number of fused-ring (bicyclic) bond motifs is 1. The first-order valence-corrected chi connectivity index (χ1v) is 9.11. The van der Waals surface area contributed by atoms with Crippen LogP contribution in [0, 0.1) is 0 Å². The van der Waals surface area contributed by atoms with Crippen molar-refractivity contribution in [3.8, 4) is 0 Å². The lowest BCUT2D eigenvalue weighted by Gasteiger charge is -2.25. The Morgan fingerprint density at radius 1 is 1.19 bits per heavy atom. The molecule has 0 aliphatic heterocycles.